The number of rotatable bonds is 4. The fourth-order valence-corrected chi connectivity index (χ4v) is 2.42. The molecule has 7 heteroatoms. The summed E-state index contributed by atoms with van der Waals surface area (Å²) in [5, 5.41) is 3.24. The maximum Gasteiger partial charge on any atom is 0.331 e. The summed E-state index contributed by atoms with van der Waals surface area (Å²) in [4.78, 5) is 25.1. The summed E-state index contributed by atoms with van der Waals surface area (Å²) in [5.74, 6) is 0.169. The Morgan fingerprint density at radius 1 is 1.16 bits per heavy atom. The van der Waals surface area contributed by atoms with Crippen LogP contribution in [0, 0.1) is 13.8 Å². The Balaban J connectivity index is 2.02. The fraction of sp³-hybridized carbons (Fsp3) is 0.222. The van der Waals surface area contributed by atoms with Crippen molar-refractivity contribution < 1.29 is 14.3 Å². The number of carbonyl (C=O) groups excluding carboxylic acids is 2. The van der Waals surface area contributed by atoms with Gasteiger partial charge in [-0.2, -0.15) is 0 Å². The van der Waals surface area contributed by atoms with Crippen LogP contribution in [0.2, 0.25) is 5.02 Å². The number of amides is 3. The van der Waals surface area contributed by atoms with Gasteiger partial charge in [-0.3, -0.25) is 4.79 Å². The number of hydrogen-bond donors (Lipinski definition) is 2. The zero-order valence-corrected chi connectivity index (χ0v) is 15.1. The third-order valence-corrected chi connectivity index (χ3v) is 4.14. The number of nitrogens with one attached hydrogen (secondary N) is 1. The second-order valence-electron chi connectivity index (χ2n) is 5.59. The first-order valence-electron chi connectivity index (χ1n) is 7.63. The molecule has 2 aromatic rings. The van der Waals surface area contributed by atoms with E-state index in [1.54, 1.807) is 36.4 Å². The first-order chi connectivity index (χ1) is 11.8. The summed E-state index contributed by atoms with van der Waals surface area (Å²) in [5.41, 5.74) is 8.37. The number of urea groups is 1. The summed E-state index contributed by atoms with van der Waals surface area (Å²) in [6.07, 6.45) is 0. The molecule has 0 fully saturated rings. The van der Waals surface area contributed by atoms with Gasteiger partial charge in [0.05, 0.1) is 5.69 Å². The van der Waals surface area contributed by atoms with Crippen molar-refractivity contribution in [2.24, 2.45) is 0 Å². The van der Waals surface area contributed by atoms with Crippen molar-refractivity contribution in [3.8, 4) is 5.75 Å². The molecule has 2 aromatic carbocycles. The van der Waals surface area contributed by atoms with Crippen LogP contribution in [-0.4, -0.2) is 18.7 Å². The number of hydrogen-bond acceptors (Lipinski definition) is 4. The minimum Gasteiger partial charge on any atom is -0.473 e. The van der Waals surface area contributed by atoms with Gasteiger partial charge in [-0.1, -0.05) is 11.6 Å². The maximum absolute atomic E-state index is 12.3. The van der Waals surface area contributed by atoms with E-state index in [0.717, 1.165) is 16.0 Å². The van der Waals surface area contributed by atoms with Gasteiger partial charge in [-0.25, -0.2) is 9.69 Å². The number of aryl methyl sites for hydroxylation is 2. The Labute approximate surface area is 151 Å². The van der Waals surface area contributed by atoms with Gasteiger partial charge in [-0.15, -0.1) is 0 Å². The van der Waals surface area contributed by atoms with Crippen LogP contribution >= 0.6 is 11.6 Å². The number of benzene rings is 2. The molecule has 0 saturated carbocycles. The van der Waals surface area contributed by atoms with Gasteiger partial charge in [0.15, 0.2) is 6.73 Å². The predicted octanol–water partition coefficient (Wildman–Crippen LogP) is 3.64. The van der Waals surface area contributed by atoms with E-state index in [1.165, 1.54) is 6.92 Å². The summed E-state index contributed by atoms with van der Waals surface area (Å²) in [6.45, 7) is 4.97. The minimum absolute atomic E-state index is 0.0852. The largest absolute Gasteiger partial charge is 0.473 e. The summed E-state index contributed by atoms with van der Waals surface area (Å²) < 4.78 is 5.53. The number of nitrogen functional groups attached to an aromatic ring is 1. The van der Waals surface area contributed by atoms with E-state index in [0.29, 0.717) is 22.1 Å². The molecule has 0 aliphatic rings. The molecule has 0 aliphatic heterocycles. The molecule has 0 spiro atoms. The lowest BCUT2D eigenvalue weighted by Gasteiger charge is -2.20. The van der Waals surface area contributed by atoms with Crippen LogP contribution in [-0.2, 0) is 4.79 Å². The number of ether oxygens (including phenoxy) is 1. The fourth-order valence-electron chi connectivity index (χ4n) is 2.32. The lowest BCUT2D eigenvalue weighted by atomic mass is 10.1. The maximum atomic E-state index is 12.3. The first kappa shape index (κ1) is 18.6. The SMILES string of the molecule is CC(=O)N(C(=O)NCOc1cc(C)c(Cl)c(C)c1)c1ccc(N)cc1. The molecule has 132 valence electrons. The average molecular weight is 362 g/mol. The van der Waals surface area contributed by atoms with Gasteiger partial charge < -0.3 is 15.8 Å². The lowest BCUT2D eigenvalue weighted by Crippen LogP contribution is -2.44. The van der Waals surface area contributed by atoms with Gasteiger partial charge >= 0.3 is 6.03 Å². The molecule has 0 aliphatic carbocycles. The second-order valence-corrected chi connectivity index (χ2v) is 5.97. The first-order valence-corrected chi connectivity index (χ1v) is 8.01. The van der Waals surface area contributed by atoms with E-state index in [9.17, 15) is 9.59 Å². The highest BCUT2D eigenvalue weighted by atomic mass is 35.5. The zero-order valence-electron chi connectivity index (χ0n) is 14.3. The standard InChI is InChI=1S/C18H20ClN3O3/c1-11-8-16(9-12(2)17(11)19)25-10-21-18(24)22(13(3)23)15-6-4-14(20)5-7-15/h4-9H,10,20H2,1-3H3,(H,21,24). The predicted molar refractivity (Wildman–Crippen MR) is 99.0 cm³/mol. The molecule has 3 amide bonds. The van der Waals surface area contributed by atoms with Crippen molar-refractivity contribution in [2.75, 3.05) is 17.4 Å². The van der Waals surface area contributed by atoms with Crippen LogP contribution in [0.1, 0.15) is 18.1 Å². The van der Waals surface area contributed by atoms with Crippen LogP contribution in [0.4, 0.5) is 16.2 Å². The van der Waals surface area contributed by atoms with Gasteiger partial charge in [0.25, 0.3) is 0 Å². The molecule has 0 atom stereocenters. The van der Waals surface area contributed by atoms with Crippen molar-refractivity contribution in [2.45, 2.75) is 20.8 Å². The van der Waals surface area contributed by atoms with E-state index >= 15 is 0 Å². The van der Waals surface area contributed by atoms with E-state index in [2.05, 4.69) is 5.32 Å². The Hall–Kier alpha value is -2.73. The topological polar surface area (TPSA) is 84.7 Å². The van der Waals surface area contributed by atoms with E-state index in [4.69, 9.17) is 22.1 Å². The van der Waals surface area contributed by atoms with Crippen molar-refractivity contribution in [1.29, 1.82) is 0 Å². The van der Waals surface area contributed by atoms with Crippen molar-refractivity contribution in [3.63, 3.8) is 0 Å². The van der Waals surface area contributed by atoms with Gasteiger partial charge in [-0.05, 0) is 61.4 Å². The molecule has 0 saturated heterocycles. The normalized spacial score (nSPS) is 10.2. The molecule has 2 rings (SSSR count). The molecule has 6 nitrogen and oxygen atoms in total. The summed E-state index contributed by atoms with van der Waals surface area (Å²) in [7, 11) is 0. The van der Waals surface area contributed by atoms with Crippen LogP contribution < -0.4 is 20.7 Å². The van der Waals surface area contributed by atoms with E-state index < -0.39 is 11.9 Å². The van der Waals surface area contributed by atoms with Gasteiger partial charge in [0.2, 0.25) is 5.91 Å². The number of halogens is 1. The number of carbonyl (C=O) groups is 2. The minimum atomic E-state index is -0.584. The highest BCUT2D eigenvalue weighted by molar-refractivity contribution is 6.32. The number of nitrogens with two attached hydrogens (primary N) is 1. The van der Waals surface area contributed by atoms with Crippen molar-refractivity contribution in [1.82, 2.24) is 5.32 Å². The Morgan fingerprint density at radius 2 is 1.72 bits per heavy atom. The smallest absolute Gasteiger partial charge is 0.331 e. The monoisotopic (exact) mass is 361 g/mol. The number of anilines is 2. The highest BCUT2D eigenvalue weighted by Gasteiger charge is 2.19. The van der Waals surface area contributed by atoms with Gasteiger partial charge in [0.1, 0.15) is 5.75 Å². The van der Waals surface area contributed by atoms with Crippen LogP contribution in [0.3, 0.4) is 0 Å². The molecule has 0 unspecified atom stereocenters. The third kappa shape index (κ3) is 4.64. The Bertz CT molecular complexity index is 768. The summed E-state index contributed by atoms with van der Waals surface area (Å²) >= 11 is 6.11. The van der Waals surface area contributed by atoms with E-state index in [-0.39, 0.29) is 6.73 Å². The highest BCUT2D eigenvalue weighted by Crippen LogP contribution is 2.25. The molecule has 0 heterocycles. The average Bonchev–Trinajstić information content (AvgIpc) is 2.54. The second kappa shape index (κ2) is 7.90. The molecular formula is C18H20ClN3O3. The molecule has 3 N–H and O–H groups in total. The Kier molecular flexibility index (Phi) is 5.88. The lowest BCUT2D eigenvalue weighted by molar-refractivity contribution is -0.115. The molecule has 25 heavy (non-hydrogen) atoms. The number of imide groups is 1. The quantitative estimate of drug-likeness (QED) is 0.643. The van der Waals surface area contributed by atoms with Crippen LogP contribution in [0.5, 0.6) is 5.75 Å². The van der Waals surface area contributed by atoms with Crippen molar-refractivity contribution in [3.05, 3.63) is 52.5 Å². The van der Waals surface area contributed by atoms with Crippen LogP contribution in [0.15, 0.2) is 36.4 Å². The summed E-state index contributed by atoms with van der Waals surface area (Å²) in [6, 6.07) is 9.42. The van der Waals surface area contributed by atoms with E-state index in [1.807, 2.05) is 13.8 Å². The van der Waals surface area contributed by atoms with Crippen molar-refractivity contribution >= 4 is 34.9 Å². The van der Waals surface area contributed by atoms with Gasteiger partial charge in [0, 0.05) is 17.6 Å². The molecule has 0 aromatic heterocycles. The molecule has 0 bridgehead atoms. The molecular weight excluding hydrogens is 342 g/mol. The molecule has 0 radical (unpaired) electrons. The Morgan fingerprint density at radius 3 is 2.24 bits per heavy atom. The zero-order chi connectivity index (χ0) is 18.6. The number of nitrogens with zero attached hydrogens (tertiary/aromatic N) is 1. The van der Waals surface area contributed by atoms with Crippen LogP contribution in [0.25, 0.3) is 0 Å². The third-order valence-electron chi connectivity index (χ3n) is 3.54.